The Morgan fingerprint density at radius 2 is 1.70 bits per heavy atom. The van der Waals surface area contributed by atoms with E-state index in [1.165, 1.54) is 4.90 Å². The van der Waals surface area contributed by atoms with Crippen LogP contribution in [-0.4, -0.2) is 42.8 Å². The highest BCUT2D eigenvalue weighted by atomic mass is 16.2. The van der Waals surface area contributed by atoms with E-state index in [9.17, 15) is 14.4 Å². The van der Waals surface area contributed by atoms with Gasteiger partial charge in [0.05, 0.1) is 13.0 Å². The molecule has 3 amide bonds. The molecule has 2 aromatic rings. The highest BCUT2D eigenvalue weighted by molar-refractivity contribution is 5.96. The summed E-state index contributed by atoms with van der Waals surface area (Å²) >= 11 is 0. The molecule has 0 bridgehead atoms. The maximum atomic E-state index is 12.6. The summed E-state index contributed by atoms with van der Waals surface area (Å²) in [4.78, 5) is 40.1. The monoisotopic (exact) mass is 407 g/mol. The van der Waals surface area contributed by atoms with Crippen LogP contribution >= 0.6 is 0 Å². The molecule has 0 aliphatic carbocycles. The number of carbonyl (C=O) groups is 3. The van der Waals surface area contributed by atoms with Crippen molar-refractivity contribution in [2.24, 2.45) is 0 Å². The molecule has 158 valence electrons. The van der Waals surface area contributed by atoms with Gasteiger partial charge < -0.3 is 15.1 Å². The van der Waals surface area contributed by atoms with Crippen molar-refractivity contribution in [2.75, 3.05) is 30.4 Å². The van der Waals surface area contributed by atoms with E-state index in [-0.39, 0.29) is 30.7 Å². The summed E-state index contributed by atoms with van der Waals surface area (Å²) in [6, 6.07) is 11.5. The first-order valence-electron chi connectivity index (χ1n) is 10.3. The van der Waals surface area contributed by atoms with Gasteiger partial charge in [-0.15, -0.1) is 0 Å². The Morgan fingerprint density at radius 3 is 2.27 bits per heavy atom. The van der Waals surface area contributed by atoms with E-state index in [4.69, 9.17) is 0 Å². The Labute approximate surface area is 177 Å². The first kappa shape index (κ1) is 21.6. The van der Waals surface area contributed by atoms with Gasteiger partial charge in [0.25, 0.3) is 0 Å². The maximum Gasteiger partial charge on any atom is 0.243 e. The molecule has 1 fully saturated rings. The number of hydrogen-bond donors (Lipinski definition) is 1. The van der Waals surface area contributed by atoms with E-state index >= 15 is 0 Å². The molecule has 0 aromatic heterocycles. The second kappa shape index (κ2) is 9.11. The van der Waals surface area contributed by atoms with Gasteiger partial charge in [0, 0.05) is 31.4 Å². The van der Waals surface area contributed by atoms with Crippen LogP contribution < -0.4 is 10.2 Å². The molecule has 0 spiro atoms. The summed E-state index contributed by atoms with van der Waals surface area (Å²) in [5, 5.41) is 2.93. The average molecular weight is 408 g/mol. The predicted octanol–water partition coefficient (Wildman–Crippen LogP) is 3.38. The van der Waals surface area contributed by atoms with Gasteiger partial charge in [-0.3, -0.25) is 14.4 Å². The maximum absolute atomic E-state index is 12.6. The molecule has 6 heteroatoms. The smallest absolute Gasteiger partial charge is 0.243 e. The van der Waals surface area contributed by atoms with Crippen LogP contribution in [0.25, 0.3) is 0 Å². The fourth-order valence-electron chi connectivity index (χ4n) is 3.88. The standard InChI is InChI=1S/C24H29N3O3/c1-16-12-17(2)24(18(3)13-16)25-21(28)15-26(4)23(30)14-19-7-9-20(10-8-19)27-11-5-6-22(27)29/h7-10,12-13H,5-6,11,14-15H2,1-4H3,(H,25,28). The summed E-state index contributed by atoms with van der Waals surface area (Å²) < 4.78 is 0. The number of hydrogen-bond acceptors (Lipinski definition) is 3. The second-order valence-electron chi connectivity index (χ2n) is 8.06. The van der Waals surface area contributed by atoms with Crippen LogP contribution in [0, 0.1) is 20.8 Å². The average Bonchev–Trinajstić information content (AvgIpc) is 3.11. The molecular formula is C24H29N3O3. The van der Waals surface area contributed by atoms with Crippen molar-refractivity contribution >= 4 is 29.1 Å². The van der Waals surface area contributed by atoms with Crippen LogP contribution in [0.3, 0.4) is 0 Å². The van der Waals surface area contributed by atoms with Gasteiger partial charge in [-0.05, 0) is 56.0 Å². The molecule has 1 aliphatic rings. The summed E-state index contributed by atoms with van der Waals surface area (Å²) in [5.41, 5.74) is 5.69. The molecule has 0 radical (unpaired) electrons. The Morgan fingerprint density at radius 1 is 1.07 bits per heavy atom. The van der Waals surface area contributed by atoms with Gasteiger partial charge in [-0.1, -0.05) is 29.8 Å². The van der Waals surface area contributed by atoms with Gasteiger partial charge in [-0.2, -0.15) is 0 Å². The van der Waals surface area contributed by atoms with E-state index in [1.807, 2.05) is 57.2 Å². The molecule has 1 N–H and O–H groups in total. The Kier molecular flexibility index (Phi) is 6.55. The number of benzene rings is 2. The quantitative estimate of drug-likeness (QED) is 0.798. The van der Waals surface area contributed by atoms with E-state index in [2.05, 4.69) is 5.32 Å². The Bertz CT molecular complexity index is 943. The molecule has 3 rings (SSSR count). The number of amides is 3. The Balaban J connectivity index is 1.55. The molecule has 30 heavy (non-hydrogen) atoms. The van der Waals surface area contributed by atoms with Crippen LogP contribution in [0.4, 0.5) is 11.4 Å². The molecule has 0 saturated carbocycles. The van der Waals surface area contributed by atoms with Crippen molar-refractivity contribution in [3.8, 4) is 0 Å². The first-order chi connectivity index (χ1) is 14.2. The first-order valence-corrected chi connectivity index (χ1v) is 10.3. The van der Waals surface area contributed by atoms with Crippen molar-refractivity contribution < 1.29 is 14.4 Å². The summed E-state index contributed by atoms with van der Waals surface area (Å²) in [6.45, 7) is 6.68. The highest BCUT2D eigenvalue weighted by Gasteiger charge is 2.21. The minimum atomic E-state index is -0.219. The zero-order chi connectivity index (χ0) is 21.8. The fourth-order valence-corrected chi connectivity index (χ4v) is 3.88. The van der Waals surface area contributed by atoms with E-state index < -0.39 is 0 Å². The molecule has 1 heterocycles. The molecule has 0 unspecified atom stereocenters. The van der Waals surface area contributed by atoms with Crippen LogP contribution in [0.2, 0.25) is 0 Å². The predicted molar refractivity (Wildman–Crippen MR) is 119 cm³/mol. The summed E-state index contributed by atoms with van der Waals surface area (Å²) in [7, 11) is 1.63. The van der Waals surface area contributed by atoms with Crippen LogP contribution in [0.1, 0.15) is 35.1 Å². The summed E-state index contributed by atoms with van der Waals surface area (Å²) in [6.07, 6.45) is 1.68. The lowest BCUT2D eigenvalue weighted by molar-refractivity contribution is -0.132. The number of carbonyl (C=O) groups excluding carboxylic acids is 3. The lowest BCUT2D eigenvalue weighted by Crippen LogP contribution is -2.36. The van der Waals surface area contributed by atoms with Crippen molar-refractivity contribution in [2.45, 2.75) is 40.0 Å². The zero-order valence-electron chi connectivity index (χ0n) is 18.1. The molecule has 1 aliphatic heterocycles. The van der Waals surface area contributed by atoms with Gasteiger partial charge >= 0.3 is 0 Å². The SMILES string of the molecule is Cc1cc(C)c(NC(=O)CN(C)C(=O)Cc2ccc(N3CCCC3=O)cc2)c(C)c1. The number of rotatable bonds is 6. The minimum Gasteiger partial charge on any atom is -0.336 e. The molecule has 0 atom stereocenters. The number of likely N-dealkylation sites (N-methyl/N-ethyl adjacent to an activating group) is 1. The van der Waals surface area contributed by atoms with Crippen LogP contribution in [-0.2, 0) is 20.8 Å². The molecular weight excluding hydrogens is 378 g/mol. The molecule has 6 nitrogen and oxygen atoms in total. The van der Waals surface area contributed by atoms with E-state index in [0.717, 1.165) is 46.6 Å². The van der Waals surface area contributed by atoms with Crippen molar-refractivity contribution in [1.29, 1.82) is 0 Å². The van der Waals surface area contributed by atoms with Gasteiger partial charge in [0.15, 0.2) is 0 Å². The van der Waals surface area contributed by atoms with E-state index in [1.54, 1.807) is 11.9 Å². The lowest BCUT2D eigenvalue weighted by Gasteiger charge is -2.19. The zero-order valence-corrected chi connectivity index (χ0v) is 18.1. The van der Waals surface area contributed by atoms with Crippen LogP contribution in [0.5, 0.6) is 0 Å². The van der Waals surface area contributed by atoms with Crippen molar-refractivity contribution in [3.05, 3.63) is 58.7 Å². The molecule has 1 saturated heterocycles. The normalized spacial score (nSPS) is 13.5. The van der Waals surface area contributed by atoms with Crippen molar-refractivity contribution in [3.63, 3.8) is 0 Å². The number of anilines is 2. The third-order valence-electron chi connectivity index (χ3n) is 5.42. The van der Waals surface area contributed by atoms with E-state index in [0.29, 0.717) is 6.42 Å². The number of aryl methyl sites for hydroxylation is 3. The Hall–Kier alpha value is -3.15. The topological polar surface area (TPSA) is 69.7 Å². The number of nitrogens with zero attached hydrogens (tertiary/aromatic N) is 2. The second-order valence-corrected chi connectivity index (χ2v) is 8.06. The minimum absolute atomic E-state index is 0.00798. The largest absolute Gasteiger partial charge is 0.336 e. The highest BCUT2D eigenvalue weighted by Crippen LogP contribution is 2.23. The lowest BCUT2D eigenvalue weighted by atomic mass is 10.1. The van der Waals surface area contributed by atoms with Gasteiger partial charge in [-0.25, -0.2) is 0 Å². The van der Waals surface area contributed by atoms with Gasteiger partial charge in [0.1, 0.15) is 0 Å². The van der Waals surface area contributed by atoms with Crippen LogP contribution in [0.15, 0.2) is 36.4 Å². The summed E-state index contributed by atoms with van der Waals surface area (Å²) in [5.74, 6) is -0.208. The number of nitrogens with one attached hydrogen (secondary N) is 1. The van der Waals surface area contributed by atoms with Crippen molar-refractivity contribution in [1.82, 2.24) is 4.90 Å². The fraction of sp³-hybridized carbons (Fsp3) is 0.375. The third-order valence-corrected chi connectivity index (χ3v) is 5.42. The third kappa shape index (κ3) is 5.06. The van der Waals surface area contributed by atoms with Gasteiger partial charge in [0.2, 0.25) is 17.7 Å². The molecule has 2 aromatic carbocycles.